The number of aryl methyl sites for hydroxylation is 1. The fourth-order valence-corrected chi connectivity index (χ4v) is 2.70. The number of halogens is 1. The molecule has 2 rings (SSSR count). The number of rotatable bonds is 4. The first-order valence-electron chi connectivity index (χ1n) is 6.71. The SMILES string of the molecule is CCOC(=O)C(N)(C=O)C1CCc2ccc(F)cc2C1. The summed E-state index contributed by atoms with van der Waals surface area (Å²) in [6.45, 7) is 1.83. The van der Waals surface area contributed by atoms with Crippen LogP contribution in [-0.2, 0) is 27.2 Å². The average Bonchev–Trinajstić information content (AvgIpc) is 2.45. The van der Waals surface area contributed by atoms with Crippen LogP contribution in [0.5, 0.6) is 0 Å². The Morgan fingerprint density at radius 2 is 2.30 bits per heavy atom. The molecule has 20 heavy (non-hydrogen) atoms. The standard InChI is InChI=1S/C15H18FNO3/c1-2-20-14(19)15(17,9-18)12-5-3-10-4-6-13(16)8-11(10)7-12/h4,6,8-9,12H,2-3,5,7,17H2,1H3. The second kappa shape index (κ2) is 5.71. The molecule has 0 radical (unpaired) electrons. The van der Waals surface area contributed by atoms with Crippen molar-refractivity contribution < 1.29 is 18.7 Å². The molecule has 2 atom stereocenters. The number of hydrogen-bond donors (Lipinski definition) is 1. The minimum absolute atomic E-state index is 0.170. The molecule has 0 heterocycles. The second-order valence-corrected chi connectivity index (χ2v) is 5.12. The van der Waals surface area contributed by atoms with E-state index in [1.807, 2.05) is 0 Å². The smallest absolute Gasteiger partial charge is 0.333 e. The van der Waals surface area contributed by atoms with Crippen LogP contribution in [0.4, 0.5) is 4.39 Å². The highest BCUT2D eigenvalue weighted by atomic mass is 19.1. The van der Waals surface area contributed by atoms with Crippen LogP contribution in [0, 0.1) is 11.7 Å². The van der Waals surface area contributed by atoms with Crippen LogP contribution in [0.15, 0.2) is 18.2 Å². The van der Waals surface area contributed by atoms with Crippen LogP contribution < -0.4 is 5.73 Å². The average molecular weight is 279 g/mol. The van der Waals surface area contributed by atoms with Gasteiger partial charge in [-0.05, 0) is 55.4 Å². The van der Waals surface area contributed by atoms with Gasteiger partial charge >= 0.3 is 5.97 Å². The lowest BCUT2D eigenvalue weighted by atomic mass is 9.73. The van der Waals surface area contributed by atoms with Gasteiger partial charge in [0, 0.05) is 0 Å². The summed E-state index contributed by atoms with van der Waals surface area (Å²) >= 11 is 0. The quantitative estimate of drug-likeness (QED) is 0.514. The maximum absolute atomic E-state index is 13.3. The van der Waals surface area contributed by atoms with Crippen LogP contribution in [-0.4, -0.2) is 24.4 Å². The summed E-state index contributed by atoms with van der Waals surface area (Å²) in [5, 5.41) is 0. The molecule has 1 aromatic carbocycles. The maximum Gasteiger partial charge on any atom is 0.333 e. The van der Waals surface area contributed by atoms with E-state index in [2.05, 4.69) is 0 Å². The molecule has 0 amide bonds. The molecule has 1 aliphatic carbocycles. The molecule has 1 aliphatic rings. The predicted molar refractivity (Wildman–Crippen MR) is 71.5 cm³/mol. The third-order valence-electron chi connectivity index (χ3n) is 3.90. The van der Waals surface area contributed by atoms with Crippen molar-refractivity contribution in [3.05, 3.63) is 35.1 Å². The highest BCUT2D eigenvalue weighted by molar-refractivity contribution is 5.98. The summed E-state index contributed by atoms with van der Waals surface area (Å²) < 4.78 is 18.2. The van der Waals surface area contributed by atoms with Crippen molar-refractivity contribution in [2.75, 3.05) is 6.61 Å². The molecule has 108 valence electrons. The molecular formula is C15H18FNO3. The first kappa shape index (κ1) is 14.7. The number of esters is 1. The summed E-state index contributed by atoms with van der Waals surface area (Å²) in [6.07, 6.45) is 2.14. The van der Waals surface area contributed by atoms with Crippen LogP contribution in [0.2, 0.25) is 0 Å². The number of benzene rings is 1. The van der Waals surface area contributed by atoms with Gasteiger partial charge in [0.25, 0.3) is 0 Å². The van der Waals surface area contributed by atoms with Gasteiger partial charge in [-0.3, -0.25) is 0 Å². The number of nitrogens with two attached hydrogens (primary N) is 1. The van der Waals surface area contributed by atoms with E-state index in [0.29, 0.717) is 25.5 Å². The van der Waals surface area contributed by atoms with E-state index in [1.54, 1.807) is 13.0 Å². The van der Waals surface area contributed by atoms with Crippen LogP contribution in [0.3, 0.4) is 0 Å². The van der Waals surface area contributed by atoms with Crippen molar-refractivity contribution in [2.45, 2.75) is 31.7 Å². The summed E-state index contributed by atoms with van der Waals surface area (Å²) in [5.41, 5.74) is 6.16. The van der Waals surface area contributed by atoms with Crippen molar-refractivity contribution in [3.8, 4) is 0 Å². The molecular weight excluding hydrogens is 261 g/mol. The minimum atomic E-state index is -1.65. The van der Waals surface area contributed by atoms with E-state index in [4.69, 9.17) is 10.5 Å². The highest BCUT2D eigenvalue weighted by Crippen LogP contribution is 2.32. The van der Waals surface area contributed by atoms with E-state index < -0.39 is 11.5 Å². The van der Waals surface area contributed by atoms with Gasteiger partial charge < -0.3 is 15.3 Å². The van der Waals surface area contributed by atoms with Crippen molar-refractivity contribution in [1.29, 1.82) is 0 Å². The predicted octanol–water partition coefficient (Wildman–Crippen LogP) is 1.39. The molecule has 4 nitrogen and oxygen atoms in total. The van der Waals surface area contributed by atoms with E-state index in [-0.39, 0.29) is 18.3 Å². The largest absolute Gasteiger partial charge is 0.464 e. The Labute approximate surface area is 117 Å². The zero-order valence-electron chi connectivity index (χ0n) is 11.4. The summed E-state index contributed by atoms with van der Waals surface area (Å²) in [5.74, 6) is -1.40. The van der Waals surface area contributed by atoms with E-state index >= 15 is 0 Å². The molecule has 0 bridgehead atoms. The van der Waals surface area contributed by atoms with Crippen LogP contribution >= 0.6 is 0 Å². The van der Waals surface area contributed by atoms with Gasteiger partial charge in [0.2, 0.25) is 0 Å². The van der Waals surface area contributed by atoms with Crippen molar-refractivity contribution in [3.63, 3.8) is 0 Å². The molecule has 2 N–H and O–H groups in total. The Morgan fingerprint density at radius 3 is 2.95 bits per heavy atom. The van der Waals surface area contributed by atoms with Crippen molar-refractivity contribution in [1.82, 2.24) is 0 Å². The Kier molecular flexibility index (Phi) is 4.18. The fourth-order valence-electron chi connectivity index (χ4n) is 2.70. The first-order chi connectivity index (χ1) is 9.51. The van der Waals surface area contributed by atoms with Gasteiger partial charge in [0.05, 0.1) is 6.61 Å². The van der Waals surface area contributed by atoms with Crippen molar-refractivity contribution in [2.24, 2.45) is 11.7 Å². The number of ether oxygens (including phenoxy) is 1. The van der Waals surface area contributed by atoms with E-state index in [0.717, 1.165) is 11.1 Å². The van der Waals surface area contributed by atoms with Crippen molar-refractivity contribution >= 4 is 12.3 Å². The van der Waals surface area contributed by atoms with Gasteiger partial charge in [-0.2, -0.15) is 0 Å². The first-order valence-corrected chi connectivity index (χ1v) is 6.71. The zero-order valence-corrected chi connectivity index (χ0v) is 11.4. The zero-order chi connectivity index (χ0) is 14.8. The third kappa shape index (κ3) is 2.58. The number of aldehydes is 1. The summed E-state index contributed by atoms with van der Waals surface area (Å²) in [4.78, 5) is 23.2. The molecule has 0 aliphatic heterocycles. The Hall–Kier alpha value is -1.75. The van der Waals surface area contributed by atoms with Gasteiger partial charge in [-0.25, -0.2) is 9.18 Å². The monoisotopic (exact) mass is 279 g/mol. The lowest BCUT2D eigenvalue weighted by Gasteiger charge is -2.34. The minimum Gasteiger partial charge on any atom is -0.464 e. The van der Waals surface area contributed by atoms with E-state index in [1.165, 1.54) is 12.1 Å². The molecule has 1 aromatic rings. The lowest BCUT2D eigenvalue weighted by Crippen LogP contribution is -2.57. The number of carbonyl (C=O) groups excluding carboxylic acids is 2. The maximum atomic E-state index is 13.3. The summed E-state index contributed by atoms with van der Waals surface area (Å²) in [7, 11) is 0. The lowest BCUT2D eigenvalue weighted by molar-refractivity contribution is -0.153. The topological polar surface area (TPSA) is 69.4 Å². The Bertz CT molecular complexity index is 532. The molecule has 0 saturated carbocycles. The van der Waals surface area contributed by atoms with E-state index in [9.17, 15) is 14.0 Å². The second-order valence-electron chi connectivity index (χ2n) is 5.12. The Morgan fingerprint density at radius 1 is 1.55 bits per heavy atom. The molecule has 0 spiro atoms. The van der Waals surface area contributed by atoms with Gasteiger partial charge in [-0.1, -0.05) is 6.07 Å². The van der Waals surface area contributed by atoms with Crippen LogP contribution in [0.1, 0.15) is 24.5 Å². The number of fused-ring (bicyclic) bond motifs is 1. The Balaban J connectivity index is 2.26. The molecule has 5 heteroatoms. The van der Waals surface area contributed by atoms with Gasteiger partial charge in [0.1, 0.15) is 5.82 Å². The highest BCUT2D eigenvalue weighted by Gasteiger charge is 2.44. The molecule has 0 fully saturated rings. The normalized spacial score (nSPS) is 20.6. The molecule has 0 saturated heterocycles. The molecule has 0 aromatic heterocycles. The third-order valence-corrected chi connectivity index (χ3v) is 3.90. The number of hydrogen-bond acceptors (Lipinski definition) is 4. The van der Waals surface area contributed by atoms with Gasteiger partial charge in [-0.15, -0.1) is 0 Å². The van der Waals surface area contributed by atoms with Crippen LogP contribution in [0.25, 0.3) is 0 Å². The fraction of sp³-hybridized carbons (Fsp3) is 0.467. The molecule has 2 unspecified atom stereocenters. The number of carbonyl (C=O) groups is 2. The summed E-state index contributed by atoms with van der Waals surface area (Å²) in [6, 6.07) is 4.60. The van der Waals surface area contributed by atoms with Gasteiger partial charge in [0.15, 0.2) is 11.8 Å².